The number of amides is 1. The Bertz CT molecular complexity index is 1310. The van der Waals surface area contributed by atoms with Crippen molar-refractivity contribution in [3.05, 3.63) is 60.0 Å². The lowest BCUT2D eigenvalue weighted by Crippen LogP contribution is -2.38. The van der Waals surface area contributed by atoms with Gasteiger partial charge in [-0.25, -0.2) is 30.6 Å². The van der Waals surface area contributed by atoms with E-state index in [1.54, 1.807) is 24.3 Å². The first kappa shape index (κ1) is 29.9. The second-order valence-corrected chi connectivity index (χ2v) is 11.3. The zero-order chi connectivity index (χ0) is 28.8. The number of rotatable bonds is 12. The van der Waals surface area contributed by atoms with Crippen molar-refractivity contribution in [2.24, 2.45) is 0 Å². The van der Waals surface area contributed by atoms with Gasteiger partial charge in [0.15, 0.2) is 29.4 Å². The number of nitrogens with zero attached hydrogens (tertiary/aromatic N) is 6. The Balaban J connectivity index is 1.59. The summed E-state index contributed by atoms with van der Waals surface area (Å²) < 4.78 is 38.3. The number of ether oxygens (including phenoxy) is 1. The number of carbonyl (C=O) groups is 1. The van der Waals surface area contributed by atoms with E-state index in [4.69, 9.17) is 20.4 Å². The fourth-order valence-electron chi connectivity index (χ4n) is 4.66. The van der Waals surface area contributed by atoms with Crippen molar-refractivity contribution in [3.8, 4) is 0 Å². The molecule has 1 saturated heterocycles. The standard InChI is InChI=1S/C27H35FN7O4P/c1-7-20-23(39-40(37-14-13-29-6)35(17(2)3)18(4)5)21(28)27(38-20)34-16-32-22-24(30-15-31-25(22)34)33-26(36)19-11-9-8-10-12-19/h8-12,15-18,20-21,23,27H,7,13-14H2,1-5H3,(H,30,31,33,36)/t20-,21-,23-,27?,40?/m1/s1. The van der Waals surface area contributed by atoms with Crippen LogP contribution in [0.1, 0.15) is 57.6 Å². The molecule has 1 aliphatic rings. The van der Waals surface area contributed by atoms with E-state index in [0.29, 0.717) is 23.1 Å². The van der Waals surface area contributed by atoms with Gasteiger partial charge in [0.05, 0.1) is 12.4 Å². The first-order chi connectivity index (χ1) is 19.3. The van der Waals surface area contributed by atoms with Gasteiger partial charge in [0.1, 0.15) is 19.0 Å². The molecule has 5 atom stereocenters. The Hall–Kier alpha value is -3.07. The summed E-state index contributed by atoms with van der Waals surface area (Å²) in [6.07, 6.45) is -0.835. The third kappa shape index (κ3) is 6.45. The van der Waals surface area contributed by atoms with Crippen molar-refractivity contribution in [2.45, 2.75) is 77.7 Å². The molecule has 0 spiro atoms. The Morgan fingerprint density at radius 2 is 1.95 bits per heavy atom. The molecule has 1 fully saturated rings. The molecule has 1 amide bonds. The van der Waals surface area contributed by atoms with Gasteiger partial charge in [-0.15, -0.1) is 0 Å². The number of imidazole rings is 1. The SMILES string of the molecule is [C-]#[N+]CCOP(O[C@@H]1[C@@H](CC)OC(n2cnc3c(NC(=O)c4ccccc4)ncnc32)[C@@H]1F)N(C(C)C)C(C)C. The summed E-state index contributed by atoms with van der Waals surface area (Å²) in [5, 5.41) is 2.76. The summed E-state index contributed by atoms with van der Waals surface area (Å²) >= 11 is 0. The fraction of sp³-hybridized carbons (Fsp3) is 0.519. The van der Waals surface area contributed by atoms with Crippen LogP contribution in [0.3, 0.4) is 0 Å². The predicted octanol–water partition coefficient (Wildman–Crippen LogP) is 5.39. The van der Waals surface area contributed by atoms with Gasteiger partial charge in [-0.3, -0.25) is 9.36 Å². The lowest BCUT2D eigenvalue weighted by atomic mass is 10.1. The largest absolute Gasteiger partial charge is 0.349 e. The summed E-state index contributed by atoms with van der Waals surface area (Å²) in [5.74, 6) is -0.131. The Labute approximate surface area is 234 Å². The highest BCUT2D eigenvalue weighted by Gasteiger charge is 2.49. The van der Waals surface area contributed by atoms with E-state index in [1.807, 2.05) is 40.7 Å². The monoisotopic (exact) mass is 571 g/mol. The highest BCUT2D eigenvalue weighted by atomic mass is 31.2. The van der Waals surface area contributed by atoms with Gasteiger partial charge in [-0.2, -0.15) is 0 Å². The fourth-order valence-corrected chi connectivity index (χ4v) is 6.42. The maximum absolute atomic E-state index is 16.2. The number of aromatic nitrogens is 4. The number of nitrogens with one attached hydrogen (secondary N) is 1. The minimum absolute atomic E-state index is 0.0779. The van der Waals surface area contributed by atoms with Crippen LogP contribution in [0.15, 0.2) is 43.0 Å². The number of benzene rings is 1. The highest BCUT2D eigenvalue weighted by Crippen LogP contribution is 2.51. The predicted molar refractivity (Wildman–Crippen MR) is 150 cm³/mol. The molecule has 2 aromatic heterocycles. The van der Waals surface area contributed by atoms with Gasteiger partial charge in [0, 0.05) is 17.6 Å². The number of hydrogen-bond acceptors (Lipinski definition) is 8. The van der Waals surface area contributed by atoms with E-state index >= 15 is 4.39 Å². The van der Waals surface area contributed by atoms with E-state index in [-0.39, 0.29) is 37.0 Å². The topological polar surface area (TPSA) is 108 Å². The Morgan fingerprint density at radius 3 is 2.60 bits per heavy atom. The molecular weight excluding hydrogens is 536 g/mol. The second kappa shape index (κ2) is 13.5. The van der Waals surface area contributed by atoms with Crippen LogP contribution in [-0.4, -0.2) is 73.7 Å². The number of halogens is 1. The molecule has 0 aliphatic carbocycles. The van der Waals surface area contributed by atoms with Crippen LogP contribution in [0.2, 0.25) is 0 Å². The van der Waals surface area contributed by atoms with E-state index < -0.39 is 33.1 Å². The molecule has 0 bridgehead atoms. The third-order valence-corrected chi connectivity index (χ3v) is 8.56. The van der Waals surface area contributed by atoms with E-state index in [9.17, 15) is 4.79 Å². The second-order valence-electron chi connectivity index (χ2n) is 9.87. The molecule has 3 heterocycles. The quantitative estimate of drug-likeness (QED) is 0.175. The first-order valence-electron chi connectivity index (χ1n) is 13.3. The van der Waals surface area contributed by atoms with E-state index in [2.05, 4.69) is 29.8 Å². The van der Waals surface area contributed by atoms with Crippen molar-refractivity contribution >= 4 is 31.4 Å². The maximum atomic E-state index is 16.2. The lowest BCUT2D eigenvalue weighted by Gasteiger charge is -2.37. The summed E-state index contributed by atoms with van der Waals surface area (Å²) in [5.41, 5.74) is 1.10. The van der Waals surface area contributed by atoms with Crippen LogP contribution in [0.4, 0.5) is 10.2 Å². The normalized spacial score (nSPS) is 21.8. The molecule has 2 unspecified atom stereocenters. The van der Waals surface area contributed by atoms with Gasteiger partial charge in [0.25, 0.3) is 14.4 Å². The molecular formula is C27H35FN7O4P. The zero-order valence-electron chi connectivity index (χ0n) is 23.3. The molecule has 0 radical (unpaired) electrons. The minimum Gasteiger partial charge on any atom is -0.349 e. The number of hydrogen-bond donors (Lipinski definition) is 1. The molecule has 214 valence electrons. The van der Waals surface area contributed by atoms with Gasteiger partial charge >= 0.3 is 0 Å². The molecule has 1 N–H and O–H groups in total. The number of fused-ring (bicyclic) bond motifs is 1. The average Bonchev–Trinajstić information content (AvgIpc) is 3.50. The molecule has 0 saturated carbocycles. The van der Waals surface area contributed by atoms with Crippen LogP contribution in [0.5, 0.6) is 0 Å². The number of anilines is 1. The van der Waals surface area contributed by atoms with Crippen LogP contribution in [0, 0.1) is 6.57 Å². The molecule has 13 heteroatoms. The molecule has 1 aromatic carbocycles. The summed E-state index contributed by atoms with van der Waals surface area (Å²) in [6, 6.07) is 8.90. The first-order valence-corrected chi connectivity index (χ1v) is 14.4. The van der Waals surface area contributed by atoms with Gasteiger partial charge in [0.2, 0.25) is 6.54 Å². The molecule has 4 rings (SSSR count). The van der Waals surface area contributed by atoms with E-state index in [0.717, 1.165) is 0 Å². The Morgan fingerprint density at radius 1 is 1.23 bits per heavy atom. The van der Waals surface area contributed by atoms with Crippen molar-refractivity contribution in [1.82, 2.24) is 24.2 Å². The van der Waals surface area contributed by atoms with E-state index in [1.165, 1.54) is 17.2 Å². The highest BCUT2D eigenvalue weighted by molar-refractivity contribution is 7.44. The van der Waals surface area contributed by atoms with Crippen LogP contribution in [0.25, 0.3) is 16.0 Å². The summed E-state index contributed by atoms with van der Waals surface area (Å²) in [6.45, 7) is 17.5. The third-order valence-electron chi connectivity index (χ3n) is 6.43. The molecule has 40 heavy (non-hydrogen) atoms. The van der Waals surface area contributed by atoms with Gasteiger partial charge < -0.3 is 23.9 Å². The number of carbonyl (C=O) groups excluding carboxylic acids is 1. The van der Waals surface area contributed by atoms with Gasteiger partial charge in [-0.1, -0.05) is 25.1 Å². The minimum atomic E-state index is -1.66. The maximum Gasteiger partial charge on any atom is 0.259 e. The van der Waals surface area contributed by atoms with Crippen LogP contribution in [-0.2, 0) is 13.8 Å². The van der Waals surface area contributed by atoms with Gasteiger partial charge in [-0.05, 0) is 46.2 Å². The lowest BCUT2D eigenvalue weighted by molar-refractivity contribution is -0.0230. The Kier molecular flexibility index (Phi) is 10.1. The summed E-state index contributed by atoms with van der Waals surface area (Å²) in [4.78, 5) is 29.0. The van der Waals surface area contributed by atoms with Crippen LogP contribution >= 0.6 is 8.53 Å². The molecule has 11 nitrogen and oxygen atoms in total. The average molecular weight is 572 g/mol. The van der Waals surface area contributed by atoms with Crippen LogP contribution < -0.4 is 5.32 Å². The summed E-state index contributed by atoms with van der Waals surface area (Å²) in [7, 11) is -1.66. The molecule has 1 aliphatic heterocycles. The molecule has 3 aromatic rings. The number of alkyl halides is 1. The van der Waals surface area contributed by atoms with Crippen molar-refractivity contribution in [2.75, 3.05) is 18.5 Å². The van der Waals surface area contributed by atoms with Crippen molar-refractivity contribution in [1.29, 1.82) is 0 Å². The zero-order valence-corrected chi connectivity index (χ0v) is 24.2. The van der Waals surface area contributed by atoms with Crippen molar-refractivity contribution < 1.29 is 23.0 Å². The van der Waals surface area contributed by atoms with Crippen molar-refractivity contribution in [3.63, 3.8) is 0 Å². The smallest absolute Gasteiger partial charge is 0.259 e.